The van der Waals surface area contributed by atoms with E-state index in [-0.39, 0.29) is 23.0 Å². The average molecular weight is 325 g/mol. The first-order chi connectivity index (χ1) is 10.1. The van der Waals surface area contributed by atoms with Gasteiger partial charge in [0.25, 0.3) is 11.1 Å². The number of hydrogen-bond acceptors (Lipinski definition) is 6. The summed E-state index contributed by atoms with van der Waals surface area (Å²) in [6.07, 6.45) is 1.28. The number of hydrogen-bond donors (Lipinski definition) is 1. The largest absolute Gasteiger partial charge is 0.489 e. The van der Waals surface area contributed by atoms with E-state index in [1.165, 1.54) is 29.3 Å². The Bertz CT molecular complexity index is 930. The molecule has 0 amide bonds. The Morgan fingerprint density at radius 1 is 1.48 bits per heavy atom. The number of aromatic nitrogens is 4. The summed E-state index contributed by atoms with van der Waals surface area (Å²) < 4.78 is 6.74. The highest BCUT2D eigenvalue weighted by Gasteiger charge is 2.12. The maximum atomic E-state index is 12.1. The van der Waals surface area contributed by atoms with E-state index in [1.807, 2.05) is 0 Å². The van der Waals surface area contributed by atoms with E-state index in [0.29, 0.717) is 16.0 Å². The van der Waals surface area contributed by atoms with E-state index < -0.39 is 5.56 Å². The number of methoxy groups -OCH3 is 1. The summed E-state index contributed by atoms with van der Waals surface area (Å²) >= 11 is 7.09. The summed E-state index contributed by atoms with van der Waals surface area (Å²) in [5.41, 5.74) is -0.0711. The third kappa shape index (κ3) is 2.43. The molecule has 0 atom stereocenters. The summed E-state index contributed by atoms with van der Waals surface area (Å²) in [5, 5.41) is 1.78. The van der Waals surface area contributed by atoms with Crippen LogP contribution in [0.15, 0.2) is 27.4 Å². The second kappa shape index (κ2) is 5.30. The van der Waals surface area contributed by atoms with Crippen molar-refractivity contribution >= 4 is 33.2 Å². The smallest absolute Gasteiger partial charge is 0.297 e. The number of aromatic amines is 1. The van der Waals surface area contributed by atoms with Crippen LogP contribution in [0.4, 0.5) is 0 Å². The van der Waals surface area contributed by atoms with Crippen LogP contribution in [-0.2, 0) is 6.54 Å². The van der Waals surface area contributed by atoms with Gasteiger partial charge in [-0.15, -0.1) is 11.3 Å². The Kier molecular flexibility index (Phi) is 3.48. The van der Waals surface area contributed by atoms with Crippen LogP contribution in [0.3, 0.4) is 0 Å². The molecule has 0 aliphatic heterocycles. The summed E-state index contributed by atoms with van der Waals surface area (Å²) in [6.45, 7) is 0.0698. The molecule has 0 saturated heterocycles. The van der Waals surface area contributed by atoms with E-state index in [1.54, 1.807) is 11.4 Å². The Morgan fingerprint density at radius 2 is 2.29 bits per heavy atom. The van der Waals surface area contributed by atoms with Gasteiger partial charge in [0.2, 0.25) is 5.75 Å². The molecule has 1 N–H and O–H groups in total. The van der Waals surface area contributed by atoms with Crippen molar-refractivity contribution in [1.82, 2.24) is 19.5 Å². The molecule has 3 heterocycles. The van der Waals surface area contributed by atoms with Crippen LogP contribution in [0.2, 0.25) is 5.15 Å². The van der Waals surface area contributed by atoms with Crippen molar-refractivity contribution in [3.8, 4) is 5.75 Å². The summed E-state index contributed by atoms with van der Waals surface area (Å²) in [7, 11) is 1.34. The minimum Gasteiger partial charge on any atom is -0.489 e. The van der Waals surface area contributed by atoms with Gasteiger partial charge < -0.3 is 9.72 Å². The number of H-pyrrole nitrogens is 1. The highest BCUT2D eigenvalue weighted by Crippen LogP contribution is 2.16. The molecule has 3 aromatic heterocycles. The van der Waals surface area contributed by atoms with E-state index in [2.05, 4.69) is 15.0 Å². The SMILES string of the molecule is COc1c(Cl)ncn(Cc2nc3ccsc3c(=O)[nH]2)c1=O. The number of ether oxygens (including phenoxy) is 1. The molecule has 3 rings (SSSR count). The lowest BCUT2D eigenvalue weighted by molar-refractivity contribution is 0.400. The third-order valence-electron chi connectivity index (χ3n) is 2.84. The Labute approximate surface area is 126 Å². The average Bonchev–Trinajstić information content (AvgIpc) is 2.91. The molecule has 7 nitrogen and oxygen atoms in total. The van der Waals surface area contributed by atoms with Crippen LogP contribution in [0, 0.1) is 0 Å². The first-order valence-electron chi connectivity index (χ1n) is 5.85. The molecule has 0 spiro atoms. The van der Waals surface area contributed by atoms with Gasteiger partial charge in [-0.1, -0.05) is 11.6 Å². The maximum absolute atomic E-state index is 12.1. The lowest BCUT2D eigenvalue weighted by atomic mass is 10.4. The maximum Gasteiger partial charge on any atom is 0.297 e. The lowest BCUT2D eigenvalue weighted by Crippen LogP contribution is -2.24. The second-order valence-corrected chi connectivity index (χ2v) is 5.42. The fourth-order valence-corrected chi connectivity index (χ4v) is 2.82. The predicted octanol–water partition coefficient (Wildman–Crippen LogP) is 1.25. The van der Waals surface area contributed by atoms with Gasteiger partial charge in [-0.05, 0) is 11.4 Å². The van der Waals surface area contributed by atoms with Gasteiger partial charge in [0, 0.05) is 0 Å². The van der Waals surface area contributed by atoms with Gasteiger partial charge in [-0.25, -0.2) is 9.97 Å². The van der Waals surface area contributed by atoms with Crippen molar-refractivity contribution < 1.29 is 4.74 Å². The van der Waals surface area contributed by atoms with Crippen molar-refractivity contribution in [2.75, 3.05) is 7.11 Å². The molecule has 0 aliphatic carbocycles. The minimum atomic E-state index is -0.439. The fourth-order valence-electron chi connectivity index (χ4n) is 1.89. The van der Waals surface area contributed by atoms with Gasteiger partial charge in [0.05, 0.1) is 25.5 Å². The van der Waals surface area contributed by atoms with Crippen LogP contribution in [0.5, 0.6) is 5.75 Å². The van der Waals surface area contributed by atoms with Gasteiger partial charge in [-0.3, -0.25) is 14.2 Å². The Morgan fingerprint density at radius 3 is 3.05 bits per heavy atom. The quantitative estimate of drug-likeness (QED) is 0.732. The normalized spacial score (nSPS) is 11.0. The van der Waals surface area contributed by atoms with Crippen molar-refractivity contribution in [3.05, 3.63) is 49.5 Å². The predicted molar refractivity (Wildman–Crippen MR) is 79.4 cm³/mol. The monoisotopic (exact) mass is 324 g/mol. The molecule has 108 valence electrons. The van der Waals surface area contributed by atoms with Gasteiger partial charge in [-0.2, -0.15) is 0 Å². The lowest BCUT2D eigenvalue weighted by Gasteiger charge is -2.07. The number of nitrogens with zero attached hydrogens (tertiary/aromatic N) is 3. The molecule has 0 fully saturated rings. The van der Waals surface area contributed by atoms with Gasteiger partial charge in [0.1, 0.15) is 10.5 Å². The molecule has 0 aliphatic rings. The van der Waals surface area contributed by atoms with Crippen molar-refractivity contribution in [1.29, 1.82) is 0 Å². The van der Waals surface area contributed by atoms with Crippen LogP contribution in [0.1, 0.15) is 5.82 Å². The molecular weight excluding hydrogens is 316 g/mol. The number of fused-ring (bicyclic) bond motifs is 1. The zero-order valence-electron chi connectivity index (χ0n) is 10.8. The molecule has 9 heteroatoms. The van der Waals surface area contributed by atoms with Crippen LogP contribution in [0.25, 0.3) is 10.2 Å². The minimum absolute atomic E-state index is 0.00603. The first kappa shape index (κ1) is 13.8. The molecule has 21 heavy (non-hydrogen) atoms. The third-order valence-corrected chi connectivity index (χ3v) is 4.01. The zero-order valence-corrected chi connectivity index (χ0v) is 12.4. The number of rotatable bonds is 3. The van der Waals surface area contributed by atoms with Crippen molar-refractivity contribution in [3.63, 3.8) is 0 Å². The summed E-state index contributed by atoms with van der Waals surface area (Å²) in [6, 6.07) is 1.75. The van der Waals surface area contributed by atoms with Crippen LogP contribution >= 0.6 is 22.9 Å². The Balaban J connectivity index is 2.06. The fraction of sp³-hybridized carbons (Fsp3) is 0.167. The molecule has 0 saturated carbocycles. The van der Waals surface area contributed by atoms with Crippen LogP contribution < -0.4 is 15.9 Å². The van der Waals surface area contributed by atoms with Crippen LogP contribution in [-0.4, -0.2) is 26.6 Å². The van der Waals surface area contributed by atoms with E-state index in [9.17, 15) is 9.59 Å². The van der Waals surface area contributed by atoms with Crippen molar-refractivity contribution in [2.45, 2.75) is 6.54 Å². The van der Waals surface area contributed by atoms with Crippen molar-refractivity contribution in [2.24, 2.45) is 0 Å². The van der Waals surface area contributed by atoms with E-state index in [4.69, 9.17) is 16.3 Å². The molecule has 0 radical (unpaired) electrons. The standard InChI is InChI=1S/C12H9ClN4O3S/c1-20-8-10(13)14-5-17(12(8)19)4-7-15-6-2-3-21-9(6)11(18)16-7/h2-3,5H,4H2,1H3,(H,15,16,18). The van der Waals surface area contributed by atoms with Gasteiger partial charge >= 0.3 is 0 Å². The molecular formula is C12H9ClN4O3S. The molecule has 3 aromatic rings. The van der Waals surface area contributed by atoms with E-state index in [0.717, 1.165) is 0 Å². The molecule has 0 bridgehead atoms. The highest BCUT2D eigenvalue weighted by atomic mass is 35.5. The summed E-state index contributed by atoms with van der Waals surface area (Å²) in [5.74, 6) is 0.317. The second-order valence-electron chi connectivity index (χ2n) is 4.15. The number of nitrogens with one attached hydrogen (secondary N) is 1. The Hall–Kier alpha value is -2.19. The zero-order chi connectivity index (χ0) is 15.0. The van der Waals surface area contributed by atoms with Gasteiger partial charge in [0.15, 0.2) is 5.15 Å². The number of halogens is 1. The highest BCUT2D eigenvalue weighted by molar-refractivity contribution is 7.17. The number of thiophene rings is 1. The summed E-state index contributed by atoms with van der Waals surface area (Å²) in [4.78, 5) is 34.8. The molecule has 0 aromatic carbocycles. The topological polar surface area (TPSA) is 89.9 Å². The van der Waals surface area contributed by atoms with E-state index >= 15 is 0 Å². The molecule has 0 unspecified atom stereocenters. The first-order valence-corrected chi connectivity index (χ1v) is 7.11.